The molecule has 0 aromatic heterocycles. The van der Waals surface area contributed by atoms with Crippen molar-refractivity contribution in [3.8, 4) is 6.19 Å². The summed E-state index contributed by atoms with van der Waals surface area (Å²) in [7, 11) is -9.94. The normalized spacial score (nSPS) is 22.9. The van der Waals surface area contributed by atoms with E-state index in [1.807, 2.05) is 6.19 Å². The van der Waals surface area contributed by atoms with E-state index >= 15 is 0 Å². The second-order valence-corrected chi connectivity index (χ2v) is 10.9. The van der Waals surface area contributed by atoms with Crippen molar-refractivity contribution in [2.45, 2.75) is 61.4 Å². The van der Waals surface area contributed by atoms with E-state index in [1.54, 1.807) is 0 Å². The minimum atomic E-state index is -9.94. The highest BCUT2D eigenvalue weighted by Gasteiger charge is 2.65. The zero-order valence-electron chi connectivity index (χ0n) is 17.8. The SMILES string of the molecule is N#CN1CCCC1C(=O)N(CC(=O)NC1CCC(F)(F)CC1)c1ccc(S(F)(F)(F)(F)F)cc1. The molecule has 0 spiro atoms. The number of hydrogen-bond acceptors (Lipinski definition) is 4. The second-order valence-electron chi connectivity index (χ2n) is 8.54. The van der Waals surface area contributed by atoms with Crippen LogP contribution in [0.4, 0.5) is 33.9 Å². The molecule has 2 aliphatic rings. The van der Waals surface area contributed by atoms with Crippen LogP contribution in [0.15, 0.2) is 29.2 Å². The van der Waals surface area contributed by atoms with Gasteiger partial charge in [0.05, 0.1) is 0 Å². The average molecular weight is 516 g/mol. The van der Waals surface area contributed by atoms with Crippen molar-refractivity contribution in [2.75, 3.05) is 18.0 Å². The van der Waals surface area contributed by atoms with Crippen LogP contribution in [0.5, 0.6) is 0 Å². The van der Waals surface area contributed by atoms with E-state index in [1.165, 1.54) is 4.90 Å². The number of benzene rings is 1. The summed E-state index contributed by atoms with van der Waals surface area (Å²) in [6.07, 6.45) is 1.76. The third-order valence-electron chi connectivity index (χ3n) is 5.91. The lowest BCUT2D eigenvalue weighted by Gasteiger charge is -2.40. The van der Waals surface area contributed by atoms with Crippen LogP contribution in [0, 0.1) is 11.5 Å². The molecule has 2 amide bonds. The van der Waals surface area contributed by atoms with Crippen molar-refractivity contribution in [3.63, 3.8) is 0 Å². The molecule has 190 valence electrons. The number of nitriles is 1. The molecule has 0 radical (unpaired) electrons. The third kappa shape index (κ3) is 6.25. The number of anilines is 1. The standard InChI is InChI=1S/C20H23F7N4O2S/c21-20(22)9-7-14(8-10-20)29-18(32)12-31(19(33)17-2-1-11-30(17)13-28)15-3-5-16(6-4-15)34(23,24,25,26)27/h3-6,14,17H,1-2,7-12H2,(H,29,32). The lowest BCUT2D eigenvalue weighted by atomic mass is 9.92. The maximum atomic E-state index is 13.3. The summed E-state index contributed by atoms with van der Waals surface area (Å²) in [5.41, 5.74) is -0.245. The molecule has 1 atom stereocenters. The Morgan fingerprint density at radius 2 is 1.68 bits per heavy atom. The highest BCUT2D eigenvalue weighted by atomic mass is 32.5. The van der Waals surface area contributed by atoms with Gasteiger partial charge in [0, 0.05) is 31.1 Å². The van der Waals surface area contributed by atoms with Crippen LogP contribution >= 0.6 is 10.2 Å². The summed E-state index contributed by atoms with van der Waals surface area (Å²) < 4.78 is 92.0. The molecule has 14 heteroatoms. The van der Waals surface area contributed by atoms with Gasteiger partial charge in [-0.3, -0.25) is 14.5 Å². The van der Waals surface area contributed by atoms with Gasteiger partial charge in [-0.25, -0.2) is 8.78 Å². The Labute approximate surface area is 191 Å². The van der Waals surface area contributed by atoms with Crippen molar-refractivity contribution >= 4 is 27.7 Å². The lowest BCUT2D eigenvalue weighted by molar-refractivity contribution is -0.126. The number of amides is 2. The van der Waals surface area contributed by atoms with Crippen LogP contribution < -0.4 is 10.2 Å². The van der Waals surface area contributed by atoms with Crippen molar-refractivity contribution in [3.05, 3.63) is 24.3 Å². The summed E-state index contributed by atoms with van der Waals surface area (Å²) >= 11 is 0. The van der Waals surface area contributed by atoms with E-state index in [0.717, 1.165) is 4.90 Å². The first-order chi connectivity index (χ1) is 15.5. The summed E-state index contributed by atoms with van der Waals surface area (Å²) in [4.78, 5) is 25.6. The minimum Gasteiger partial charge on any atom is -0.352 e. The Hall–Kier alpha value is -2.69. The molecule has 3 rings (SSSR count). The smallest absolute Gasteiger partial charge is 0.310 e. The van der Waals surface area contributed by atoms with Gasteiger partial charge in [-0.2, -0.15) is 5.26 Å². The largest absolute Gasteiger partial charge is 0.352 e. The number of likely N-dealkylation sites (tertiary alicyclic amines) is 1. The molecule has 1 aromatic rings. The third-order valence-corrected chi connectivity index (χ3v) is 7.07. The molecular weight excluding hydrogens is 493 g/mol. The Morgan fingerprint density at radius 3 is 2.21 bits per heavy atom. The van der Waals surface area contributed by atoms with Crippen LogP contribution in [0.1, 0.15) is 38.5 Å². The van der Waals surface area contributed by atoms with Gasteiger partial charge in [-0.15, -0.1) is 0 Å². The predicted molar refractivity (Wildman–Crippen MR) is 111 cm³/mol. The molecule has 6 nitrogen and oxygen atoms in total. The first-order valence-electron chi connectivity index (χ1n) is 10.5. The molecule has 1 heterocycles. The highest BCUT2D eigenvalue weighted by molar-refractivity contribution is 8.45. The van der Waals surface area contributed by atoms with Gasteiger partial charge in [0.25, 0.3) is 5.91 Å². The molecule has 1 aliphatic carbocycles. The summed E-state index contributed by atoms with van der Waals surface area (Å²) in [5, 5.41) is 11.8. The molecule has 1 saturated heterocycles. The van der Waals surface area contributed by atoms with Gasteiger partial charge in [0.15, 0.2) is 6.19 Å². The molecule has 1 unspecified atom stereocenters. The van der Waals surface area contributed by atoms with E-state index in [2.05, 4.69) is 5.32 Å². The van der Waals surface area contributed by atoms with Gasteiger partial charge >= 0.3 is 10.2 Å². The zero-order valence-corrected chi connectivity index (χ0v) is 18.6. The number of nitrogens with one attached hydrogen (secondary N) is 1. The molecule has 1 aromatic carbocycles. The van der Waals surface area contributed by atoms with E-state index in [4.69, 9.17) is 0 Å². The van der Waals surface area contributed by atoms with Crippen LogP contribution in [0.25, 0.3) is 0 Å². The van der Waals surface area contributed by atoms with Crippen molar-refractivity contribution < 1.29 is 37.8 Å². The lowest BCUT2D eigenvalue weighted by Crippen LogP contribution is -2.50. The summed E-state index contributed by atoms with van der Waals surface area (Å²) in [6.45, 7) is -0.413. The van der Waals surface area contributed by atoms with Gasteiger partial charge < -0.3 is 10.2 Å². The number of halogens is 7. The second kappa shape index (κ2) is 8.21. The van der Waals surface area contributed by atoms with Crippen molar-refractivity contribution in [1.29, 1.82) is 5.26 Å². The van der Waals surface area contributed by atoms with Crippen LogP contribution in [0.3, 0.4) is 0 Å². The Balaban J connectivity index is 1.82. The summed E-state index contributed by atoms with van der Waals surface area (Å²) in [6, 6.07) is 0.0450. The number of alkyl halides is 2. The fourth-order valence-corrected chi connectivity index (χ4v) is 4.75. The number of hydrogen-bond donors (Lipinski definition) is 1. The first-order valence-corrected chi connectivity index (χ1v) is 12.4. The molecule has 2 fully saturated rings. The van der Waals surface area contributed by atoms with E-state index in [0.29, 0.717) is 18.6 Å². The maximum Gasteiger partial charge on any atom is 0.310 e. The van der Waals surface area contributed by atoms with Crippen LogP contribution in [-0.2, 0) is 9.59 Å². The van der Waals surface area contributed by atoms with Crippen LogP contribution in [-0.4, -0.2) is 47.8 Å². The maximum absolute atomic E-state index is 13.3. The highest BCUT2D eigenvalue weighted by Crippen LogP contribution is 3.02. The predicted octanol–water partition coefficient (Wildman–Crippen LogP) is 5.32. The Bertz CT molecular complexity index is 986. The number of carbonyl (C=O) groups is 2. The van der Waals surface area contributed by atoms with Gasteiger partial charge in [0.2, 0.25) is 11.8 Å². The molecule has 34 heavy (non-hydrogen) atoms. The quantitative estimate of drug-likeness (QED) is 0.411. The first kappa shape index (κ1) is 25.9. The molecule has 1 N–H and O–H groups in total. The Morgan fingerprint density at radius 1 is 1.09 bits per heavy atom. The van der Waals surface area contributed by atoms with E-state index < -0.39 is 64.3 Å². The topological polar surface area (TPSA) is 76.4 Å². The van der Waals surface area contributed by atoms with Gasteiger partial charge in [-0.1, -0.05) is 19.4 Å². The molecule has 0 bridgehead atoms. The fraction of sp³-hybridized carbons (Fsp3) is 0.550. The number of carbonyl (C=O) groups excluding carboxylic acids is 2. The summed E-state index contributed by atoms with van der Waals surface area (Å²) in [5.74, 6) is -4.33. The zero-order chi connectivity index (χ0) is 25.4. The fourth-order valence-electron chi connectivity index (χ4n) is 4.10. The molecular formula is C20H23F7N4O2S. The minimum absolute atomic E-state index is 0.0100. The van der Waals surface area contributed by atoms with E-state index in [-0.39, 0.29) is 43.6 Å². The van der Waals surface area contributed by atoms with Gasteiger partial charge in [0.1, 0.15) is 17.5 Å². The molecule has 1 saturated carbocycles. The van der Waals surface area contributed by atoms with E-state index in [9.17, 15) is 43.1 Å². The van der Waals surface area contributed by atoms with Crippen molar-refractivity contribution in [2.24, 2.45) is 0 Å². The number of nitrogens with zero attached hydrogens (tertiary/aromatic N) is 3. The monoisotopic (exact) mass is 516 g/mol. The van der Waals surface area contributed by atoms with Crippen molar-refractivity contribution in [1.82, 2.24) is 10.2 Å². The number of rotatable bonds is 6. The molecule has 1 aliphatic heterocycles. The van der Waals surface area contributed by atoms with Crippen LogP contribution in [0.2, 0.25) is 0 Å². The van der Waals surface area contributed by atoms with Gasteiger partial charge in [-0.05, 0) is 49.9 Å². The average Bonchev–Trinajstić information content (AvgIpc) is 3.20. The Kier molecular flexibility index (Phi) is 6.26.